The van der Waals surface area contributed by atoms with Crippen molar-refractivity contribution >= 4 is 17.7 Å². The second-order valence-corrected chi connectivity index (χ2v) is 5.55. The van der Waals surface area contributed by atoms with Crippen molar-refractivity contribution in [3.63, 3.8) is 0 Å². The smallest absolute Gasteiger partial charge is 0.238 e. The van der Waals surface area contributed by atoms with Crippen molar-refractivity contribution in [3.05, 3.63) is 0 Å². The number of nitrogens with two attached hydrogens (primary N) is 1. The molecule has 0 spiro atoms. The summed E-state index contributed by atoms with van der Waals surface area (Å²) in [6.45, 7) is 9.01. The van der Waals surface area contributed by atoms with Gasteiger partial charge in [-0.25, -0.2) is 0 Å². The van der Waals surface area contributed by atoms with Crippen LogP contribution in [0.2, 0.25) is 0 Å². The highest BCUT2D eigenvalue weighted by Crippen LogP contribution is 2.17. The summed E-state index contributed by atoms with van der Waals surface area (Å²) in [7, 11) is 0. The lowest BCUT2D eigenvalue weighted by Crippen LogP contribution is -2.55. The van der Waals surface area contributed by atoms with Crippen LogP contribution in [0, 0.1) is 0 Å². The summed E-state index contributed by atoms with van der Waals surface area (Å²) >= 11 is 1.75. The molecule has 0 heterocycles. The van der Waals surface area contributed by atoms with E-state index >= 15 is 0 Å². The van der Waals surface area contributed by atoms with Crippen LogP contribution in [-0.2, 0) is 4.79 Å². The van der Waals surface area contributed by atoms with E-state index in [1.165, 1.54) is 0 Å². The maximum atomic E-state index is 11.3. The molecular weight excluding hydrogens is 196 g/mol. The summed E-state index contributed by atoms with van der Waals surface area (Å²) in [4.78, 5) is 11.3. The lowest BCUT2D eigenvalue weighted by molar-refractivity contribution is -0.122. The third-order valence-electron chi connectivity index (χ3n) is 2.01. The predicted octanol–water partition coefficient (Wildman–Crippen LogP) is 1.37. The Hall–Kier alpha value is -0.220. The minimum atomic E-state index is -0.565. The summed E-state index contributed by atoms with van der Waals surface area (Å²) in [5.41, 5.74) is 4.82. The van der Waals surface area contributed by atoms with Gasteiger partial charge in [0.15, 0.2) is 0 Å². The zero-order valence-corrected chi connectivity index (χ0v) is 10.4. The van der Waals surface area contributed by atoms with Crippen molar-refractivity contribution < 1.29 is 4.79 Å². The first kappa shape index (κ1) is 13.8. The van der Waals surface area contributed by atoms with Gasteiger partial charge in [-0.2, -0.15) is 11.8 Å². The molecule has 1 amide bonds. The van der Waals surface area contributed by atoms with Gasteiger partial charge >= 0.3 is 0 Å². The molecule has 14 heavy (non-hydrogen) atoms. The second kappa shape index (κ2) is 6.30. The van der Waals surface area contributed by atoms with Gasteiger partial charge in [0, 0.05) is 5.75 Å². The second-order valence-electron chi connectivity index (χ2n) is 3.98. The Bertz CT molecular complexity index is 185. The fraction of sp³-hybridized carbons (Fsp3) is 0.900. The van der Waals surface area contributed by atoms with Crippen molar-refractivity contribution in [2.24, 2.45) is 5.73 Å². The van der Waals surface area contributed by atoms with Gasteiger partial charge < -0.3 is 11.1 Å². The molecule has 0 aliphatic heterocycles. The third kappa shape index (κ3) is 4.86. The Morgan fingerprint density at radius 1 is 1.57 bits per heavy atom. The average molecular weight is 218 g/mol. The minimum Gasteiger partial charge on any atom is -0.368 e. The molecule has 0 aromatic heterocycles. The van der Waals surface area contributed by atoms with E-state index in [1.54, 1.807) is 11.8 Å². The van der Waals surface area contributed by atoms with Crippen LogP contribution in [0.15, 0.2) is 0 Å². The molecule has 0 aliphatic carbocycles. The lowest BCUT2D eigenvalue weighted by atomic mass is 10.0. The van der Waals surface area contributed by atoms with E-state index in [4.69, 9.17) is 5.73 Å². The van der Waals surface area contributed by atoms with E-state index in [9.17, 15) is 4.79 Å². The van der Waals surface area contributed by atoms with Gasteiger partial charge in [-0.1, -0.05) is 20.8 Å². The highest BCUT2D eigenvalue weighted by Gasteiger charge is 2.30. The highest BCUT2D eigenvalue weighted by molar-refractivity contribution is 7.99. The van der Waals surface area contributed by atoms with Crippen molar-refractivity contribution in [2.45, 2.75) is 44.9 Å². The molecule has 0 rings (SSSR count). The van der Waals surface area contributed by atoms with Gasteiger partial charge in [0.05, 0.1) is 0 Å². The van der Waals surface area contributed by atoms with E-state index in [2.05, 4.69) is 26.1 Å². The van der Waals surface area contributed by atoms with Gasteiger partial charge in [0.25, 0.3) is 0 Å². The number of hydrogen-bond donors (Lipinski definition) is 2. The van der Waals surface area contributed by atoms with Crippen molar-refractivity contribution in [1.82, 2.24) is 5.32 Å². The van der Waals surface area contributed by atoms with Gasteiger partial charge in [-0.05, 0) is 25.1 Å². The standard InChI is InChI=1S/C10H22N2OS/c1-5-6-12-10(4,9(11)13)7-14-8(2)3/h8,12H,5-7H2,1-4H3,(H2,11,13). The van der Waals surface area contributed by atoms with Crippen LogP contribution < -0.4 is 11.1 Å². The first-order valence-electron chi connectivity index (χ1n) is 5.09. The lowest BCUT2D eigenvalue weighted by Gasteiger charge is -2.27. The average Bonchev–Trinajstić information content (AvgIpc) is 2.11. The van der Waals surface area contributed by atoms with Gasteiger partial charge in [0.1, 0.15) is 5.54 Å². The molecule has 0 saturated carbocycles. The number of thioether (sulfide) groups is 1. The van der Waals surface area contributed by atoms with E-state index in [0.29, 0.717) is 5.25 Å². The van der Waals surface area contributed by atoms with E-state index in [0.717, 1.165) is 18.7 Å². The first-order chi connectivity index (χ1) is 6.42. The number of rotatable bonds is 7. The van der Waals surface area contributed by atoms with Crippen molar-refractivity contribution in [2.75, 3.05) is 12.3 Å². The summed E-state index contributed by atoms with van der Waals surface area (Å²) < 4.78 is 0. The summed E-state index contributed by atoms with van der Waals surface area (Å²) in [6, 6.07) is 0. The van der Waals surface area contributed by atoms with Crippen LogP contribution in [0.3, 0.4) is 0 Å². The van der Waals surface area contributed by atoms with Crippen LogP contribution in [0.1, 0.15) is 34.1 Å². The molecule has 1 unspecified atom stereocenters. The normalized spacial score (nSPS) is 15.5. The molecule has 84 valence electrons. The number of carbonyl (C=O) groups is 1. The molecule has 0 radical (unpaired) electrons. The first-order valence-corrected chi connectivity index (χ1v) is 6.13. The quantitative estimate of drug-likeness (QED) is 0.678. The van der Waals surface area contributed by atoms with E-state index in [1.807, 2.05) is 6.92 Å². The van der Waals surface area contributed by atoms with Gasteiger partial charge in [0.2, 0.25) is 5.91 Å². The zero-order chi connectivity index (χ0) is 11.2. The van der Waals surface area contributed by atoms with Crippen molar-refractivity contribution in [3.8, 4) is 0 Å². The van der Waals surface area contributed by atoms with Crippen LogP contribution >= 0.6 is 11.8 Å². The van der Waals surface area contributed by atoms with Gasteiger partial charge in [-0.15, -0.1) is 0 Å². The fourth-order valence-corrected chi connectivity index (χ4v) is 1.85. The SMILES string of the molecule is CCCNC(C)(CSC(C)C)C(N)=O. The Labute approximate surface area is 91.2 Å². The molecule has 3 nitrogen and oxygen atoms in total. The van der Waals surface area contributed by atoms with Gasteiger partial charge in [-0.3, -0.25) is 4.79 Å². The molecule has 0 bridgehead atoms. The zero-order valence-electron chi connectivity index (χ0n) is 9.59. The van der Waals surface area contributed by atoms with Crippen LogP contribution in [0.5, 0.6) is 0 Å². The molecule has 0 fully saturated rings. The predicted molar refractivity (Wildman–Crippen MR) is 63.5 cm³/mol. The molecule has 0 aromatic carbocycles. The minimum absolute atomic E-state index is 0.265. The van der Waals surface area contributed by atoms with Crippen LogP contribution in [-0.4, -0.2) is 29.0 Å². The molecule has 3 N–H and O–H groups in total. The van der Waals surface area contributed by atoms with Crippen LogP contribution in [0.4, 0.5) is 0 Å². The van der Waals surface area contributed by atoms with Crippen molar-refractivity contribution in [1.29, 1.82) is 0 Å². The summed E-state index contributed by atoms with van der Waals surface area (Å²) in [5.74, 6) is 0.471. The van der Waals surface area contributed by atoms with E-state index < -0.39 is 5.54 Å². The largest absolute Gasteiger partial charge is 0.368 e. The Balaban J connectivity index is 4.17. The topological polar surface area (TPSA) is 55.1 Å². The molecular formula is C10H22N2OS. The summed E-state index contributed by atoms with van der Waals surface area (Å²) in [6.07, 6.45) is 1.01. The number of carbonyl (C=O) groups excluding carboxylic acids is 1. The third-order valence-corrected chi connectivity index (χ3v) is 3.43. The molecule has 4 heteroatoms. The Morgan fingerprint density at radius 2 is 2.14 bits per heavy atom. The molecule has 1 atom stereocenters. The maximum absolute atomic E-state index is 11.3. The molecule has 0 aromatic rings. The molecule has 0 saturated heterocycles. The fourth-order valence-electron chi connectivity index (χ4n) is 0.943. The summed E-state index contributed by atoms with van der Waals surface area (Å²) in [5, 5.41) is 3.73. The Kier molecular flexibility index (Phi) is 6.20. The van der Waals surface area contributed by atoms with E-state index in [-0.39, 0.29) is 5.91 Å². The highest BCUT2D eigenvalue weighted by atomic mass is 32.2. The van der Waals surface area contributed by atoms with Crippen LogP contribution in [0.25, 0.3) is 0 Å². The number of hydrogen-bond acceptors (Lipinski definition) is 3. The Morgan fingerprint density at radius 3 is 2.50 bits per heavy atom. The monoisotopic (exact) mass is 218 g/mol. The molecule has 0 aliphatic rings. The number of primary amides is 1. The number of nitrogens with one attached hydrogen (secondary N) is 1. The maximum Gasteiger partial charge on any atom is 0.238 e. The number of amides is 1.